The van der Waals surface area contributed by atoms with Crippen molar-refractivity contribution in [2.24, 2.45) is 0 Å². The standard InChI is InChI=1S/C11H19NO3/c1-8(13)5-6-9-7-12(9)10(14)15-11(2,3)4/h9H,5-7H2,1-4H3. The van der Waals surface area contributed by atoms with Gasteiger partial charge in [-0.1, -0.05) is 0 Å². The van der Waals surface area contributed by atoms with Crippen LogP contribution < -0.4 is 0 Å². The average molecular weight is 213 g/mol. The Morgan fingerprint density at radius 2 is 2.00 bits per heavy atom. The average Bonchev–Trinajstić information content (AvgIpc) is 2.75. The van der Waals surface area contributed by atoms with E-state index in [1.807, 2.05) is 20.8 Å². The first-order valence-corrected chi connectivity index (χ1v) is 5.28. The summed E-state index contributed by atoms with van der Waals surface area (Å²) in [6.45, 7) is 7.83. The van der Waals surface area contributed by atoms with Crippen molar-refractivity contribution < 1.29 is 14.3 Å². The molecule has 0 aliphatic carbocycles. The minimum atomic E-state index is -0.440. The number of nitrogens with zero attached hydrogens (tertiary/aromatic N) is 1. The van der Waals surface area contributed by atoms with Crippen LogP contribution >= 0.6 is 0 Å². The van der Waals surface area contributed by atoms with Crippen molar-refractivity contribution in [3.05, 3.63) is 0 Å². The van der Waals surface area contributed by atoms with Gasteiger partial charge in [0.05, 0.1) is 6.04 Å². The number of hydrogen-bond donors (Lipinski definition) is 0. The van der Waals surface area contributed by atoms with Crippen LogP contribution in [0.5, 0.6) is 0 Å². The van der Waals surface area contributed by atoms with E-state index in [2.05, 4.69) is 0 Å². The second-order valence-electron chi connectivity index (χ2n) is 5.03. The lowest BCUT2D eigenvalue weighted by atomic mass is 10.2. The first-order chi connectivity index (χ1) is 6.79. The number of hydrogen-bond acceptors (Lipinski definition) is 3. The monoisotopic (exact) mass is 213 g/mol. The van der Waals surface area contributed by atoms with Gasteiger partial charge in [0, 0.05) is 13.0 Å². The highest BCUT2D eigenvalue weighted by molar-refractivity contribution is 5.76. The fourth-order valence-corrected chi connectivity index (χ4v) is 1.34. The molecule has 1 unspecified atom stereocenters. The van der Waals surface area contributed by atoms with Gasteiger partial charge in [-0.25, -0.2) is 4.79 Å². The fourth-order valence-electron chi connectivity index (χ4n) is 1.34. The number of carbonyl (C=O) groups is 2. The van der Waals surface area contributed by atoms with Crippen LogP contribution in [0.1, 0.15) is 40.5 Å². The normalized spacial score (nSPS) is 20.0. The molecule has 1 amide bonds. The van der Waals surface area contributed by atoms with Gasteiger partial charge in [-0.05, 0) is 34.1 Å². The summed E-state index contributed by atoms with van der Waals surface area (Å²) in [4.78, 5) is 23.9. The van der Waals surface area contributed by atoms with Crippen LogP contribution in [0.25, 0.3) is 0 Å². The Balaban J connectivity index is 2.25. The van der Waals surface area contributed by atoms with Gasteiger partial charge in [0.2, 0.25) is 0 Å². The lowest BCUT2D eigenvalue weighted by molar-refractivity contribution is -0.117. The largest absolute Gasteiger partial charge is 0.444 e. The van der Waals surface area contributed by atoms with Crippen molar-refractivity contribution in [3.8, 4) is 0 Å². The van der Waals surface area contributed by atoms with Gasteiger partial charge in [-0.2, -0.15) is 0 Å². The van der Waals surface area contributed by atoms with Crippen LogP contribution in [0.3, 0.4) is 0 Å². The molecular formula is C11H19NO3. The fraction of sp³-hybridized carbons (Fsp3) is 0.818. The van der Waals surface area contributed by atoms with Gasteiger partial charge in [-0.15, -0.1) is 0 Å². The molecule has 1 fully saturated rings. The molecule has 0 aromatic carbocycles. The molecule has 4 nitrogen and oxygen atoms in total. The van der Waals surface area contributed by atoms with Crippen molar-refractivity contribution in [2.45, 2.75) is 52.2 Å². The molecule has 1 aliphatic rings. The molecule has 1 heterocycles. The number of carbonyl (C=O) groups excluding carboxylic acids is 2. The zero-order chi connectivity index (χ0) is 11.6. The van der Waals surface area contributed by atoms with E-state index in [1.165, 1.54) is 0 Å². The summed E-state index contributed by atoms with van der Waals surface area (Å²) in [5.74, 6) is 0.172. The smallest absolute Gasteiger partial charge is 0.410 e. The SMILES string of the molecule is CC(=O)CCC1CN1C(=O)OC(C)(C)C. The molecule has 1 aliphatic heterocycles. The molecule has 0 aromatic heterocycles. The highest BCUT2D eigenvalue weighted by Crippen LogP contribution is 2.25. The molecule has 0 spiro atoms. The Morgan fingerprint density at radius 1 is 1.40 bits per heavy atom. The Kier molecular flexibility index (Phi) is 3.37. The van der Waals surface area contributed by atoms with Crippen molar-refractivity contribution in [1.82, 2.24) is 4.90 Å². The van der Waals surface area contributed by atoms with E-state index in [0.717, 1.165) is 13.0 Å². The third kappa shape index (κ3) is 4.32. The number of ketones is 1. The first kappa shape index (κ1) is 12.0. The van der Waals surface area contributed by atoms with Crippen LogP contribution in [0.4, 0.5) is 4.79 Å². The maximum atomic E-state index is 11.5. The molecule has 86 valence electrons. The topological polar surface area (TPSA) is 46.4 Å². The van der Waals surface area contributed by atoms with Crippen LogP contribution in [0, 0.1) is 0 Å². The van der Waals surface area contributed by atoms with Crippen LogP contribution in [0.2, 0.25) is 0 Å². The lowest BCUT2D eigenvalue weighted by Gasteiger charge is -2.19. The minimum Gasteiger partial charge on any atom is -0.444 e. The van der Waals surface area contributed by atoms with Gasteiger partial charge < -0.3 is 14.4 Å². The van der Waals surface area contributed by atoms with E-state index in [1.54, 1.807) is 11.8 Å². The Labute approximate surface area is 90.6 Å². The lowest BCUT2D eigenvalue weighted by Crippen LogP contribution is -2.27. The molecule has 0 saturated carbocycles. The summed E-state index contributed by atoms with van der Waals surface area (Å²) >= 11 is 0. The van der Waals surface area contributed by atoms with Gasteiger partial charge in [0.1, 0.15) is 11.4 Å². The maximum absolute atomic E-state index is 11.5. The first-order valence-electron chi connectivity index (χ1n) is 5.28. The Bertz CT molecular complexity index is 267. The second-order valence-corrected chi connectivity index (χ2v) is 5.03. The third-order valence-corrected chi connectivity index (χ3v) is 2.17. The van der Waals surface area contributed by atoms with Crippen molar-refractivity contribution in [2.75, 3.05) is 6.54 Å². The molecule has 0 radical (unpaired) electrons. The highest BCUT2D eigenvalue weighted by atomic mass is 16.6. The van der Waals surface area contributed by atoms with Crippen molar-refractivity contribution in [3.63, 3.8) is 0 Å². The quantitative estimate of drug-likeness (QED) is 0.673. The summed E-state index contributed by atoms with van der Waals surface area (Å²) in [6, 6.07) is 0.212. The van der Waals surface area contributed by atoms with E-state index in [0.29, 0.717) is 6.42 Å². The Hall–Kier alpha value is -1.06. The van der Waals surface area contributed by atoms with Gasteiger partial charge in [-0.3, -0.25) is 0 Å². The van der Waals surface area contributed by atoms with Gasteiger partial charge in [0.15, 0.2) is 0 Å². The van der Waals surface area contributed by atoms with E-state index < -0.39 is 5.60 Å². The van der Waals surface area contributed by atoms with E-state index in [4.69, 9.17) is 4.74 Å². The van der Waals surface area contributed by atoms with E-state index in [-0.39, 0.29) is 17.9 Å². The molecule has 1 rings (SSSR count). The van der Waals surface area contributed by atoms with Crippen molar-refractivity contribution in [1.29, 1.82) is 0 Å². The predicted molar refractivity (Wildman–Crippen MR) is 56.6 cm³/mol. The number of amides is 1. The van der Waals surface area contributed by atoms with E-state index >= 15 is 0 Å². The number of Topliss-reactive ketones (excluding diaryl/α,β-unsaturated/α-hetero) is 1. The Morgan fingerprint density at radius 3 is 2.47 bits per heavy atom. The van der Waals surface area contributed by atoms with Crippen molar-refractivity contribution >= 4 is 11.9 Å². The predicted octanol–water partition coefficient (Wildman–Crippen LogP) is 1.97. The summed E-state index contributed by atoms with van der Waals surface area (Å²) < 4.78 is 5.20. The van der Waals surface area contributed by atoms with Crippen LogP contribution in [-0.4, -0.2) is 35.0 Å². The summed E-state index contributed by atoms with van der Waals surface area (Å²) in [7, 11) is 0. The molecule has 15 heavy (non-hydrogen) atoms. The number of rotatable bonds is 3. The van der Waals surface area contributed by atoms with Gasteiger partial charge in [0.25, 0.3) is 0 Å². The molecule has 0 bridgehead atoms. The third-order valence-electron chi connectivity index (χ3n) is 2.17. The molecule has 0 N–H and O–H groups in total. The van der Waals surface area contributed by atoms with Crippen LogP contribution in [-0.2, 0) is 9.53 Å². The molecule has 1 saturated heterocycles. The molecule has 1 atom stereocenters. The maximum Gasteiger partial charge on any atom is 0.410 e. The second kappa shape index (κ2) is 4.21. The van der Waals surface area contributed by atoms with Crippen LogP contribution in [0.15, 0.2) is 0 Å². The molecule has 4 heteroatoms. The zero-order valence-electron chi connectivity index (χ0n) is 9.87. The molecule has 0 aromatic rings. The van der Waals surface area contributed by atoms with Gasteiger partial charge >= 0.3 is 6.09 Å². The summed E-state index contributed by atoms with van der Waals surface area (Å²) in [6.07, 6.45) is 1.04. The minimum absolute atomic E-state index is 0.172. The number of ether oxygens (including phenoxy) is 1. The summed E-state index contributed by atoms with van der Waals surface area (Å²) in [5.41, 5.74) is -0.440. The zero-order valence-corrected chi connectivity index (χ0v) is 9.87. The highest BCUT2D eigenvalue weighted by Gasteiger charge is 2.40. The molecular weight excluding hydrogens is 194 g/mol. The summed E-state index contributed by atoms with van der Waals surface area (Å²) in [5, 5.41) is 0. The van der Waals surface area contributed by atoms with E-state index in [9.17, 15) is 9.59 Å².